The number of hydrogen-bond acceptors (Lipinski definition) is 6. The first-order valence-corrected chi connectivity index (χ1v) is 8.53. The highest BCUT2D eigenvalue weighted by Gasteiger charge is 2.14. The molecule has 146 valence electrons. The van der Waals surface area contributed by atoms with Crippen LogP contribution in [0.3, 0.4) is 0 Å². The summed E-state index contributed by atoms with van der Waals surface area (Å²) in [6, 6.07) is 11.3. The molecule has 0 bridgehead atoms. The van der Waals surface area contributed by atoms with E-state index in [-0.39, 0.29) is 17.3 Å². The van der Waals surface area contributed by atoms with E-state index in [1.54, 1.807) is 7.11 Å². The van der Waals surface area contributed by atoms with Gasteiger partial charge in [0.2, 0.25) is 5.88 Å². The van der Waals surface area contributed by atoms with Gasteiger partial charge in [0, 0.05) is 5.39 Å². The number of benzene rings is 2. The third kappa shape index (κ3) is 3.81. The molecule has 0 aliphatic carbocycles. The summed E-state index contributed by atoms with van der Waals surface area (Å²) in [5, 5.41) is 25.3. The molecule has 0 aliphatic rings. The first kappa shape index (κ1) is 18.3. The summed E-state index contributed by atoms with van der Waals surface area (Å²) < 4.78 is 20.1. The maximum absolute atomic E-state index is 13.5. The lowest BCUT2D eigenvalue weighted by atomic mass is 10.2. The van der Waals surface area contributed by atoms with Gasteiger partial charge >= 0.3 is 5.91 Å². The van der Waals surface area contributed by atoms with Gasteiger partial charge < -0.3 is 14.8 Å². The maximum atomic E-state index is 13.5. The number of hydrogen-bond donors (Lipinski definition) is 2. The number of azo groups is 1. The fraction of sp³-hybridized carbons (Fsp3) is 0.105. The quantitative estimate of drug-likeness (QED) is 0.502. The van der Waals surface area contributed by atoms with Gasteiger partial charge in [0.05, 0.1) is 25.4 Å². The van der Waals surface area contributed by atoms with Gasteiger partial charge in [-0.25, -0.2) is 9.07 Å². The normalized spacial score (nSPS) is 11.4. The molecule has 0 saturated carbocycles. The van der Waals surface area contributed by atoms with Gasteiger partial charge in [0.15, 0.2) is 11.4 Å². The lowest BCUT2D eigenvalue weighted by molar-refractivity contribution is 0.0990. The van der Waals surface area contributed by atoms with Crippen LogP contribution in [0.4, 0.5) is 10.1 Å². The third-order valence-electron chi connectivity index (χ3n) is 4.22. The molecular weight excluding hydrogens is 379 g/mol. The molecule has 1 amide bonds. The molecular formula is C19H15FN6O3. The Kier molecular flexibility index (Phi) is 4.73. The van der Waals surface area contributed by atoms with Crippen molar-refractivity contribution in [2.24, 2.45) is 10.2 Å². The summed E-state index contributed by atoms with van der Waals surface area (Å²) in [6.45, 7) is 0.407. The Bertz CT molecular complexity index is 1210. The number of H-pyrrole nitrogens is 1. The number of amides is 1. The van der Waals surface area contributed by atoms with Crippen LogP contribution in [-0.4, -0.2) is 38.1 Å². The van der Waals surface area contributed by atoms with Crippen molar-refractivity contribution in [1.29, 1.82) is 0 Å². The predicted octanol–water partition coefficient (Wildman–Crippen LogP) is 3.59. The maximum Gasteiger partial charge on any atom is 0.317 e. The molecule has 0 unspecified atom stereocenters. The van der Waals surface area contributed by atoms with E-state index in [0.29, 0.717) is 17.4 Å². The van der Waals surface area contributed by atoms with E-state index in [4.69, 9.17) is 4.74 Å². The number of rotatable bonds is 5. The number of aromatic amines is 1. The second-order valence-corrected chi connectivity index (χ2v) is 6.17. The SMILES string of the molecule is COc1ccc(Cn2cc(C(=O)N=Nc3c(O)[nH]c4ccc(F)cc34)nn2)cc1. The molecule has 10 heteroatoms. The lowest BCUT2D eigenvalue weighted by Crippen LogP contribution is -2.00. The van der Waals surface area contributed by atoms with E-state index in [1.165, 1.54) is 29.1 Å². The van der Waals surface area contributed by atoms with Crippen LogP contribution in [0.15, 0.2) is 58.9 Å². The molecule has 2 heterocycles. The average molecular weight is 394 g/mol. The molecule has 0 spiro atoms. The minimum atomic E-state index is -0.740. The zero-order valence-corrected chi connectivity index (χ0v) is 15.2. The largest absolute Gasteiger partial charge is 0.497 e. The molecule has 2 aromatic carbocycles. The number of methoxy groups -OCH3 is 1. The van der Waals surface area contributed by atoms with Crippen LogP contribution in [0, 0.1) is 5.82 Å². The molecule has 4 rings (SSSR count). The van der Waals surface area contributed by atoms with Crippen molar-refractivity contribution in [3.63, 3.8) is 0 Å². The Morgan fingerprint density at radius 1 is 1.28 bits per heavy atom. The number of aromatic hydroxyl groups is 1. The molecule has 0 saturated heterocycles. The topological polar surface area (TPSA) is 118 Å². The molecule has 9 nitrogen and oxygen atoms in total. The monoisotopic (exact) mass is 394 g/mol. The highest BCUT2D eigenvalue weighted by molar-refractivity contribution is 5.96. The summed E-state index contributed by atoms with van der Waals surface area (Å²) in [5.41, 5.74) is 1.38. The van der Waals surface area contributed by atoms with Crippen LogP contribution in [0.25, 0.3) is 10.9 Å². The molecule has 2 aromatic heterocycles. The standard InChI is InChI=1S/C19H15FN6O3/c1-29-13-5-2-11(3-6-13)9-26-10-16(22-25-26)18(27)24-23-17-14-8-12(20)4-7-15(14)21-19(17)28/h2-8,10,21,28H,9H2,1H3. The van der Waals surface area contributed by atoms with Gasteiger partial charge in [0.25, 0.3) is 0 Å². The number of carbonyl (C=O) groups is 1. The molecule has 0 fully saturated rings. The van der Waals surface area contributed by atoms with Crippen molar-refractivity contribution in [1.82, 2.24) is 20.0 Å². The molecule has 2 N–H and O–H groups in total. The first-order valence-electron chi connectivity index (χ1n) is 8.53. The summed E-state index contributed by atoms with van der Waals surface area (Å²) in [4.78, 5) is 14.9. The van der Waals surface area contributed by atoms with Crippen molar-refractivity contribution in [2.45, 2.75) is 6.54 Å². The molecule has 0 atom stereocenters. The van der Waals surface area contributed by atoms with E-state index >= 15 is 0 Å². The molecule has 0 radical (unpaired) electrons. The number of nitrogens with one attached hydrogen (secondary N) is 1. The average Bonchev–Trinajstić information content (AvgIpc) is 3.30. The van der Waals surface area contributed by atoms with Crippen LogP contribution in [0.1, 0.15) is 16.1 Å². The van der Waals surface area contributed by atoms with E-state index in [2.05, 4.69) is 25.5 Å². The predicted molar refractivity (Wildman–Crippen MR) is 101 cm³/mol. The number of aromatic nitrogens is 4. The smallest absolute Gasteiger partial charge is 0.317 e. The third-order valence-corrected chi connectivity index (χ3v) is 4.22. The van der Waals surface area contributed by atoms with Crippen molar-refractivity contribution >= 4 is 22.5 Å². The summed E-state index contributed by atoms with van der Waals surface area (Å²) >= 11 is 0. The Hall–Kier alpha value is -4.08. The van der Waals surface area contributed by atoms with E-state index < -0.39 is 11.7 Å². The van der Waals surface area contributed by atoms with Gasteiger partial charge in [-0.2, -0.15) is 0 Å². The number of carbonyl (C=O) groups excluding carboxylic acids is 1. The van der Waals surface area contributed by atoms with Gasteiger partial charge in [-0.3, -0.25) is 4.79 Å². The Labute approximate surface area is 163 Å². The highest BCUT2D eigenvalue weighted by atomic mass is 19.1. The second-order valence-electron chi connectivity index (χ2n) is 6.17. The van der Waals surface area contributed by atoms with E-state index in [9.17, 15) is 14.3 Å². The summed E-state index contributed by atoms with van der Waals surface area (Å²) in [5.74, 6) is -0.814. The fourth-order valence-electron chi connectivity index (χ4n) is 2.78. The first-order chi connectivity index (χ1) is 14.0. The van der Waals surface area contributed by atoms with E-state index in [1.807, 2.05) is 24.3 Å². The highest BCUT2D eigenvalue weighted by Crippen LogP contribution is 2.35. The van der Waals surface area contributed by atoms with Crippen LogP contribution >= 0.6 is 0 Å². The van der Waals surface area contributed by atoms with Crippen molar-refractivity contribution in [3.8, 4) is 11.6 Å². The molecule has 29 heavy (non-hydrogen) atoms. The van der Waals surface area contributed by atoms with Crippen LogP contribution in [0.5, 0.6) is 11.6 Å². The second kappa shape index (κ2) is 7.50. The van der Waals surface area contributed by atoms with Gasteiger partial charge in [0.1, 0.15) is 11.6 Å². The van der Waals surface area contributed by atoms with Crippen LogP contribution < -0.4 is 4.74 Å². The van der Waals surface area contributed by atoms with Crippen molar-refractivity contribution in [3.05, 3.63) is 65.7 Å². The van der Waals surface area contributed by atoms with Crippen molar-refractivity contribution in [2.75, 3.05) is 7.11 Å². The zero-order chi connectivity index (χ0) is 20.4. The van der Waals surface area contributed by atoms with Gasteiger partial charge in [-0.1, -0.05) is 17.3 Å². The number of ether oxygens (including phenoxy) is 1. The summed E-state index contributed by atoms with van der Waals surface area (Å²) in [6.07, 6.45) is 1.44. The minimum absolute atomic E-state index is 0.00669. The lowest BCUT2D eigenvalue weighted by Gasteiger charge is -2.02. The Morgan fingerprint density at radius 3 is 2.83 bits per heavy atom. The molecule has 0 aliphatic heterocycles. The van der Waals surface area contributed by atoms with Gasteiger partial charge in [-0.15, -0.1) is 15.3 Å². The van der Waals surface area contributed by atoms with Crippen molar-refractivity contribution < 1.29 is 19.0 Å². The van der Waals surface area contributed by atoms with Crippen LogP contribution in [0.2, 0.25) is 0 Å². The summed E-state index contributed by atoms with van der Waals surface area (Å²) in [7, 11) is 1.59. The van der Waals surface area contributed by atoms with Gasteiger partial charge in [-0.05, 0) is 35.9 Å². The fourth-order valence-corrected chi connectivity index (χ4v) is 2.78. The zero-order valence-electron chi connectivity index (χ0n) is 15.2. The molecule has 4 aromatic rings. The van der Waals surface area contributed by atoms with Crippen LogP contribution in [-0.2, 0) is 6.54 Å². The Morgan fingerprint density at radius 2 is 2.07 bits per heavy atom. The Balaban J connectivity index is 1.50. The number of fused-ring (bicyclic) bond motifs is 1. The number of nitrogens with zero attached hydrogens (tertiary/aromatic N) is 5. The minimum Gasteiger partial charge on any atom is -0.497 e. The van der Waals surface area contributed by atoms with E-state index in [0.717, 1.165) is 11.3 Å². The number of halogens is 1.